The SMILES string of the molecule is COc1cccc(CN(Cc2cccc(N3CCOCC3)c2)c2nc(COCCOc3cccc(N(C)C)c3)co2)c1. The van der Waals surface area contributed by atoms with E-state index in [0.29, 0.717) is 38.9 Å². The van der Waals surface area contributed by atoms with Gasteiger partial charge in [0.1, 0.15) is 30.1 Å². The maximum Gasteiger partial charge on any atom is 0.298 e. The van der Waals surface area contributed by atoms with Gasteiger partial charge in [-0.1, -0.05) is 30.3 Å². The molecule has 0 amide bonds. The van der Waals surface area contributed by atoms with Crippen molar-refractivity contribution >= 4 is 17.4 Å². The fourth-order valence-electron chi connectivity index (χ4n) is 4.83. The van der Waals surface area contributed by atoms with E-state index in [1.807, 2.05) is 61.5 Å². The third-order valence-electron chi connectivity index (χ3n) is 7.06. The van der Waals surface area contributed by atoms with E-state index in [4.69, 9.17) is 28.3 Å². The predicted molar refractivity (Wildman–Crippen MR) is 165 cm³/mol. The van der Waals surface area contributed by atoms with E-state index >= 15 is 0 Å². The van der Waals surface area contributed by atoms with Crippen LogP contribution in [0.3, 0.4) is 0 Å². The second kappa shape index (κ2) is 14.6. The van der Waals surface area contributed by atoms with Crippen molar-refractivity contribution in [2.45, 2.75) is 19.7 Å². The summed E-state index contributed by atoms with van der Waals surface area (Å²) in [6.07, 6.45) is 1.67. The average Bonchev–Trinajstić information content (AvgIpc) is 3.50. The number of anilines is 3. The lowest BCUT2D eigenvalue weighted by Crippen LogP contribution is -2.36. The third-order valence-corrected chi connectivity index (χ3v) is 7.06. The minimum absolute atomic E-state index is 0.337. The van der Waals surface area contributed by atoms with Crippen molar-refractivity contribution in [2.24, 2.45) is 0 Å². The predicted octanol–water partition coefficient (Wildman–Crippen LogP) is 5.39. The van der Waals surface area contributed by atoms with Gasteiger partial charge in [0, 0.05) is 57.7 Å². The molecule has 0 bridgehead atoms. The molecule has 1 aliphatic heterocycles. The van der Waals surface area contributed by atoms with Crippen LogP contribution in [0.5, 0.6) is 11.5 Å². The summed E-state index contributed by atoms with van der Waals surface area (Å²) < 4.78 is 28.7. The van der Waals surface area contributed by atoms with Gasteiger partial charge >= 0.3 is 0 Å². The molecule has 222 valence electrons. The summed E-state index contributed by atoms with van der Waals surface area (Å²) in [7, 11) is 5.70. The lowest BCUT2D eigenvalue weighted by atomic mass is 10.1. The largest absolute Gasteiger partial charge is 0.497 e. The summed E-state index contributed by atoms with van der Waals surface area (Å²) in [6, 6.07) is 25.3. The first kappa shape index (κ1) is 29.3. The summed E-state index contributed by atoms with van der Waals surface area (Å²) in [6.45, 7) is 5.77. The Bertz CT molecular complexity index is 1400. The Morgan fingerprint density at radius 2 is 1.60 bits per heavy atom. The second-order valence-electron chi connectivity index (χ2n) is 10.4. The van der Waals surface area contributed by atoms with Crippen molar-refractivity contribution in [1.82, 2.24) is 4.98 Å². The van der Waals surface area contributed by atoms with Gasteiger partial charge in [0.05, 0.1) is 33.5 Å². The molecule has 42 heavy (non-hydrogen) atoms. The Balaban J connectivity index is 1.22. The highest BCUT2D eigenvalue weighted by atomic mass is 16.5. The van der Waals surface area contributed by atoms with Crippen LogP contribution in [-0.4, -0.2) is 65.7 Å². The molecule has 0 atom stereocenters. The molecule has 2 heterocycles. The maximum atomic E-state index is 5.98. The van der Waals surface area contributed by atoms with Crippen LogP contribution in [0.15, 0.2) is 83.5 Å². The molecule has 3 aromatic carbocycles. The number of morpholine rings is 1. The minimum atomic E-state index is 0.337. The van der Waals surface area contributed by atoms with Crippen LogP contribution in [0.4, 0.5) is 17.4 Å². The van der Waals surface area contributed by atoms with Crippen LogP contribution in [0.25, 0.3) is 0 Å². The Morgan fingerprint density at radius 3 is 2.38 bits per heavy atom. The van der Waals surface area contributed by atoms with E-state index in [9.17, 15) is 0 Å². The Kier molecular flexibility index (Phi) is 10.2. The van der Waals surface area contributed by atoms with E-state index in [1.165, 1.54) is 11.3 Å². The molecule has 0 spiro atoms. The van der Waals surface area contributed by atoms with Crippen molar-refractivity contribution in [3.8, 4) is 11.5 Å². The minimum Gasteiger partial charge on any atom is -0.497 e. The molecule has 1 aliphatic rings. The van der Waals surface area contributed by atoms with Crippen LogP contribution in [0, 0.1) is 0 Å². The standard InChI is InChI=1S/C33H40N4O5/c1-35(2)29-9-6-12-32(21-29)41-18-17-40-24-28-25-42-33(34-28)37(23-27-8-5-11-31(20-27)38-3)22-26-7-4-10-30(19-26)36-13-15-39-16-14-36/h4-12,19-21,25H,13-18,22-24H2,1-3H3. The molecule has 9 heteroatoms. The highest BCUT2D eigenvalue weighted by molar-refractivity contribution is 5.50. The highest BCUT2D eigenvalue weighted by Crippen LogP contribution is 2.25. The fourth-order valence-corrected chi connectivity index (χ4v) is 4.83. The van der Waals surface area contributed by atoms with Crippen LogP contribution >= 0.6 is 0 Å². The van der Waals surface area contributed by atoms with Crippen molar-refractivity contribution in [2.75, 3.05) is 75.4 Å². The van der Waals surface area contributed by atoms with E-state index in [0.717, 1.165) is 54.7 Å². The molecule has 0 radical (unpaired) electrons. The smallest absolute Gasteiger partial charge is 0.298 e. The summed E-state index contributed by atoms with van der Waals surface area (Å²) in [5.74, 6) is 1.64. The lowest BCUT2D eigenvalue weighted by Gasteiger charge is -2.29. The molecule has 9 nitrogen and oxygen atoms in total. The molecule has 5 rings (SSSR count). The summed E-state index contributed by atoms with van der Waals surface area (Å²) in [5, 5.41) is 0. The highest BCUT2D eigenvalue weighted by Gasteiger charge is 2.17. The number of hydrogen-bond donors (Lipinski definition) is 0. The number of nitrogens with zero attached hydrogens (tertiary/aromatic N) is 4. The van der Waals surface area contributed by atoms with Gasteiger partial charge in [0.15, 0.2) is 0 Å². The summed E-state index contributed by atoms with van der Waals surface area (Å²) in [4.78, 5) is 11.3. The molecular weight excluding hydrogens is 532 g/mol. The normalized spacial score (nSPS) is 13.2. The first-order valence-electron chi connectivity index (χ1n) is 14.3. The lowest BCUT2D eigenvalue weighted by molar-refractivity contribution is 0.0869. The molecule has 1 aromatic heterocycles. The first-order chi connectivity index (χ1) is 20.6. The number of methoxy groups -OCH3 is 1. The first-order valence-corrected chi connectivity index (χ1v) is 14.3. The van der Waals surface area contributed by atoms with Gasteiger partial charge in [-0.2, -0.15) is 4.98 Å². The molecule has 0 N–H and O–H groups in total. The number of aromatic nitrogens is 1. The van der Waals surface area contributed by atoms with E-state index in [-0.39, 0.29) is 0 Å². The van der Waals surface area contributed by atoms with Gasteiger partial charge in [-0.3, -0.25) is 0 Å². The van der Waals surface area contributed by atoms with Gasteiger partial charge in [0.2, 0.25) is 0 Å². The zero-order chi connectivity index (χ0) is 29.1. The Labute approximate surface area is 248 Å². The topological polar surface area (TPSA) is 72.7 Å². The van der Waals surface area contributed by atoms with Gasteiger partial charge in [-0.15, -0.1) is 0 Å². The molecule has 1 saturated heterocycles. The molecule has 0 saturated carbocycles. The Hall–Kier alpha value is -4.21. The molecular formula is C33H40N4O5. The van der Waals surface area contributed by atoms with Crippen LogP contribution in [-0.2, 0) is 29.2 Å². The quantitative estimate of drug-likeness (QED) is 0.185. The van der Waals surface area contributed by atoms with Gasteiger partial charge in [0.25, 0.3) is 6.01 Å². The number of benzene rings is 3. The van der Waals surface area contributed by atoms with Gasteiger partial charge in [-0.25, -0.2) is 0 Å². The third kappa shape index (κ3) is 8.18. The van der Waals surface area contributed by atoms with E-state index < -0.39 is 0 Å². The number of ether oxygens (including phenoxy) is 4. The van der Waals surface area contributed by atoms with Crippen LogP contribution in [0.1, 0.15) is 16.8 Å². The van der Waals surface area contributed by atoms with Crippen molar-refractivity contribution in [3.63, 3.8) is 0 Å². The van der Waals surface area contributed by atoms with Gasteiger partial charge < -0.3 is 38.1 Å². The zero-order valence-electron chi connectivity index (χ0n) is 24.7. The van der Waals surface area contributed by atoms with E-state index in [1.54, 1.807) is 13.4 Å². The molecule has 0 aliphatic carbocycles. The summed E-state index contributed by atoms with van der Waals surface area (Å²) >= 11 is 0. The maximum absolute atomic E-state index is 5.98. The summed E-state index contributed by atoms with van der Waals surface area (Å²) in [5.41, 5.74) is 5.31. The van der Waals surface area contributed by atoms with Gasteiger partial charge in [-0.05, 0) is 47.5 Å². The Morgan fingerprint density at radius 1 is 0.857 bits per heavy atom. The van der Waals surface area contributed by atoms with Crippen molar-refractivity contribution in [3.05, 3.63) is 95.9 Å². The number of rotatable bonds is 14. The number of oxazole rings is 1. The monoisotopic (exact) mass is 572 g/mol. The van der Waals surface area contributed by atoms with E-state index in [2.05, 4.69) is 40.1 Å². The average molecular weight is 573 g/mol. The molecule has 1 fully saturated rings. The number of hydrogen-bond acceptors (Lipinski definition) is 9. The zero-order valence-corrected chi connectivity index (χ0v) is 24.7. The van der Waals surface area contributed by atoms with Crippen LogP contribution in [0.2, 0.25) is 0 Å². The fraction of sp³-hybridized carbons (Fsp3) is 0.364. The van der Waals surface area contributed by atoms with Crippen molar-refractivity contribution in [1.29, 1.82) is 0 Å². The van der Waals surface area contributed by atoms with Crippen LogP contribution < -0.4 is 24.2 Å². The molecule has 0 unspecified atom stereocenters. The molecule has 4 aromatic rings. The second-order valence-corrected chi connectivity index (χ2v) is 10.4. The van der Waals surface area contributed by atoms with Crippen molar-refractivity contribution < 1.29 is 23.4 Å².